The van der Waals surface area contributed by atoms with Crippen molar-refractivity contribution >= 4 is 12.4 Å². The lowest BCUT2D eigenvalue weighted by atomic mass is 10.1. The maximum Gasteiger partial charge on any atom is 0.150 e. The van der Waals surface area contributed by atoms with Gasteiger partial charge >= 0.3 is 0 Å². The van der Waals surface area contributed by atoms with Gasteiger partial charge in [0.1, 0.15) is 6.29 Å². The van der Waals surface area contributed by atoms with Crippen LogP contribution in [0.15, 0.2) is 30.5 Å². The third-order valence-electron chi connectivity index (χ3n) is 1.34. The largest absolute Gasteiger partial charge is 0.516 e. The molecular formula is C9H8O2. The number of hydrogen-bond donors (Lipinski definition) is 1. The standard InChI is InChI=1S/C9H8O2/c10-6-5-8-1-3-9(7-11)4-2-8/h1-7,10H. The van der Waals surface area contributed by atoms with Crippen molar-refractivity contribution in [3.05, 3.63) is 41.7 Å². The summed E-state index contributed by atoms with van der Waals surface area (Å²) in [5, 5.41) is 8.40. The quantitative estimate of drug-likeness (QED) is 0.514. The molecule has 0 saturated heterocycles. The minimum absolute atomic E-state index is 0.639. The summed E-state index contributed by atoms with van der Waals surface area (Å²) in [7, 11) is 0. The second kappa shape index (κ2) is 3.56. The zero-order valence-corrected chi connectivity index (χ0v) is 5.90. The highest BCUT2D eigenvalue weighted by molar-refractivity contribution is 5.75. The Kier molecular flexibility index (Phi) is 2.44. The number of carbonyl (C=O) groups is 1. The molecular weight excluding hydrogens is 140 g/mol. The fourth-order valence-electron chi connectivity index (χ4n) is 0.772. The lowest BCUT2D eigenvalue weighted by Gasteiger charge is -1.91. The molecule has 56 valence electrons. The van der Waals surface area contributed by atoms with Crippen LogP contribution in [0.4, 0.5) is 0 Å². The topological polar surface area (TPSA) is 37.3 Å². The summed E-state index contributed by atoms with van der Waals surface area (Å²) in [6, 6.07) is 6.91. The normalized spacial score (nSPS) is 10.2. The van der Waals surface area contributed by atoms with Crippen molar-refractivity contribution in [2.24, 2.45) is 0 Å². The van der Waals surface area contributed by atoms with Crippen LogP contribution in [-0.2, 0) is 0 Å². The monoisotopic (exact) mass is 148 g/mol. The Morgan fingerprint density at radius 3 is 2.09 bits per heavy atom. The maximum absolute atomic E-state index is 10.2. The summed E-state index contributed by atoms with van der Waals surface area (Å²) in [4.78, 5) is 10.2. The molecule has 0 amide bonds. The Labute approximate surface area is 64.8 Å². The molecule has 1 rings (SSSR count). The first-order valence-electron chi connectivity index (χ1n) is 3.23. The molecule has 0 aromatic heterocycles. The third kappa shape index (κ3) is 1.93. The minimum Gasteiger partial charge on any atom is -0.516 e. The Bertz CT molecular complexity index is 259. The van der Waals surface area contributed by atoms with Gasteiger partial charge in [-0.3, -0.25) is 4.79 Å². The van der Waals surface area contributed by atoms with Gasteiger partial charge in [0.15, 0.2) is 0 Å². The molecule has 2 nitrogen and oxygen atoms in total. The summed E-state index contributed by atoms with van der Waals surface area (Å²) in [6.45, 7) is 0. The van der Waals surface area contributed by atoms with E-state index in [1.54, 1.807) is 30.3 Å². The number of benzene rings is 1. The van der Waals surface area contributed by atoms with E-state index >= 15 is 0 Å². The molecule has 0 radical (unpaired) electrons. The highest BCUT2D eigenvalue weighted by atomic mass is 16.2. The molecule has 2 heteroatoms. The van der Waals surface area contributed by atoms with Gasteiger partial charge in [0.05, 0.1) is 6.26 Å². The summed E-state index contributed by atoms with van der Waals surface area (Å²) < 4.78 is 0. The Morgan fingerprint density at radius 2 is 1.64 bits per heavy atom. The van der Waals surface area contributed by atoms with Crippen molar-refractivity contribution in [1.82, 2.24) is 0 Å². The van der Waals surface area contributed by atoms with Crippen molar-refractivity contribution in [2.45, 2.75) is 0 Å². The molecule has 0 heterocycles. The first-order chi connectivity index (χ1) is 5.36. The van der Waals surface area contributed by atoms with Crippen LogP contribution in [0, 0.1) is 0 Å². The molecule has 1 aromatic carbocycles. The molecule has 0 aliphatic heterocycles. The van der Waals surface area contributed by atoms with E-state index in [2.05, 4.69) is 0 Å². The van der Waals surface area contributed by atoms with E-state index in [0.29, 0.717) is 5.56 Å². The molecule has 0 fully saturated rings. The smallest absolute Gasteiger partial charge is 0.150 e. The van der Waals surface area contributed by atoms with Gasteiger partial charge < -0.3 is 5.11 Å². The van der Waals surface area contributed by atoms with Crippen LogP contribution >= 0.6 is 0 Å². The zero-order valence-electron chi connectivity index (χ0n) is 5.90. The first-order valence-corrected chi connectivity index (χ1v) is 3.23. The highest BCUT2D eigenvalue weighted by Gasteiger charge is 1.87. The molecule has 11 heavy (non-hydrogen) atoms. The Hall–Kier alpha value is -1.57. The molecule has 0 atom stereocenters. The summed E-state index contributed by atoms with van der Waals surface area (Å²) >= 11 is 0. The van der Waals surface area contributed by atoms with E-state index < -0.39 is 0 Å². The van der Waals surface area contributed by atoms with E-state index in [1.165, 1.54) is 0 Å². The van der Waals surface area contributed by atoms with Crippen LogP contribution < -0.4 is 0 Å². The molecule has 0 bridgehead atoms. The van der Waals surface area contributed by atoms with Gasteiger partial charge in [0, 0.05) is 5.56 Å². The van der Waals surface area contributed by atoms with Crippen LogP contribution in [0.5, 0.6) is 0 Å². The molecule has 1 N–H and O–H groups in total. The summed E-state index contributed by atoms with van der Waals surface area (Å²) in [5.41, 5.74) is 1.51. The molecule has 0 unspecified atom stereocenters. The predicted molar refractivity (Wildman–Crippen MR) is 43.5 cm³/mol. The van der Waals surface area contributed by atoms with Crippen LogP contribution in [0.2, 0.25) is 0 Å². The van der Waals surface area contributed by atoms with E-state index in [1.807, 2.05) is 0 Å². The number of carbonyl (C=O) groups excluding carboxylic acids is 1. The number of aldehydes is 1. The van der Waals surface area contributed by atoms with Crippen molar-refractivity contribution in [3.8, 4) is 0 Å². The van der Waals surface area contributed by atoms with Crippen LogP contribution in [0.1, 0.15) is 15.9 Å². The van der Waals surface area contributed by atoms with Crippen LogP contribution in [0.3, 0.4) is 0 Å². The summed E-state index contributed by atoms with van der Waals surface area (Å²) in [5.74, 6) is 0. The second-order valence-electron chi connectivity index (χ2n) is 2.10. The lowest BCUT2D eigenvalue weighted by molar-refractivity contribution is 0.112. The third-order valence-corrected chi connectivity index (χ3v) is 1.34. The van der Waals surface area contributed by atoms with Gasteiger partial charge in [-0.25, -0.2) is 0 Å². The van der Waals surface area contributed by atoms with Gasteiger partial charge in [0.2, 0.25) is 0 Å². The zero-order chi connectivity index (χ0) is 8.10. The molecule has 1 aromatic rings. The first kappa shape index (κ1) is 7.54. The van der Waals surface area contributed by atoms with Crippen LogP contribution in [-0.4, -0.2) is 11.4 Å². The SMILES string of the molecule is O=Cc1ccc(C=CO)cc1. The van der Waals surface area contributed by atoms with Gasteiger partial charge in [-0.2, -0.15) is 0 Å². The Morgan fingerprint density at radius 1 is 1.09 bits per heavy atom. The predicted octanol–water partition coefficient (Wildman–Crippen LogP) is 2.03. The molecule has 0 aliphatic rings. The maximum atomic E-state index is 10.2. The van der Waals surface area contributed by atoms with E-state index in [9.17, 15) is 4.79 Å². The van der Waals surface area contributed by atoms with Crippen molar-refractivity contribution in [3.63, 3.8) is 0 Å². The number of hydrogen-bond acceptors (Lipinski definition) is 2. The van der Waals surface area contributed by atoms with Gasteiger partial charge in [0.25, 0.3) is 0 Å². The van der Waals surface area contributed by atoms with Crippen molar-refractivity contribution in [2.75, 3.05) is 0 Å². The van der Waals surface area contributed by atoms with Gasteiger partial charge in [-0.05, 0) is 11.6 Å². The molecule has 0 aliphatic carbocycles. The molecule has 0 saturated carbocycles. The number of rotatable bonds is 2. The minimum atomic E-state index is 0.639. The van der Waals surface area contributed by atoms with Crippen LogP contribution in [0.25, 0.3) is 6.08 Å². The summed E-state index contributed by atoms with van der Waals surface area (Å²) in [6.07, 6.45) is 3.30. The lowest BCUT2D eigenvalue weighted by Crippen LogP contribution is -1.78. The number of aliphatic hydroxyl groups is 1. The number of aliphatic hydroxyl groups excluding tert-OH is 1. The van der Waals surface area contributed by atoms with Crippen molar-refractivity contribution < 1.29 is 9.90 Å². The fraction of sp³-hybridized carbons (Fsp3) is 0. The average Bonchev–Trinajstić information content (AvgIpc) is 2.07. The fourth-order valence-corrected chi connectivity index (χ4v) is 0.772. The van der Waals surface area contributed by atoms with Gasteiger partial charge in [-0.1, -0.05) is 24.3 Å². The average molecular weight is 148 g/mol. The Balaban J connectivity index is 2.91. The molecule has 0 spiro atoms. The highest BCUT2D eigenvalue weighted by Crippen LogP contribution is 2.03. The van der Waals surface area contributed by atoms with Crippen molar-refractivity contribution in [1.29, 1.82) is 0 Å². The van der Waals surface area contributed by atoms with E-state index in [-0.39, 0.29) is 0 Å². The van der Waals surface area contributed by atoms with Gasteiger partial charge in [-0.15, -0.1) is 0 Å². The van der Waals surface area contributed by atoms with E-state index in [4.69, 9.17) is 5.11 Å². The van der Waals surface area contributed by atoms with E-state index in [0.717, 1.165) is 18.1 Å². The second-order valence-corrected chi connectivity index (χ2v) is 2.10.